The van der Waals surface area contributed by atoms with Gasteiger partial charge in [0, 0.05) is 16.5 Å². The van der Waals surface area contributed by atoms with Gasteiger partial charge in [0.1, 0.15) is 0 Å². The molecule has 16 heavy (non-hydrogen) atoms. The summed E-state index contributed by atoms with van der Waals surface area (Å²) in [4.78, 5) is 0. The highest BCUT2D eigenvalue weighted by atomic mass is 32.2. The third-order valence-electron chi connectivity index (χ3n) is 2.54. The molecule has 2 rings (SSSR count). The molecule has 2 aromatic rings. The summed E-state index contributed by atoms with van der Waals surface area (Å²) in [6, 6.07) is 8.95. The predicted octanol–water partition coefficient (Wildman–Crippen LogP) is 3.87. The van der Waals surface area contributed by atoms with Crippen molar-refractivity contribution in [1.82, 2.24) is 0 Å². The van der Waals surface area contributed by atoms with E-state index >= 15 is 0 Å². The Morgan fingerprint density at radius 1 is 1.38 bits per heavy atom. The van der Waals surface area contributed by atoms with Crippen LogP contribution in [0.4, 0.5) is 0 Å². The Balaban J connectivity index is 1.94. The van der Waals surface area contributed by atoms with E-state index in [2.05, 4.69) is 36.6 Å². The number of benzene rings is 1. The number of rotatable bonds is 5. The highest BCUT2D eigenvalue weighted by Crippen LogP contribution is 2.28. The molecule has 3 heteroatoms. The molecular weight excluding hydrogens is 234 g/mol. The Bertz CT molecular complexity index is 448. The third kappa shape index (κ3) is 3.00. The van der Waals surface area contributed by atoms with E-state index in [1.54, 1.807) is 0 Å². The van der Waals surface area contributed by atoms with E-state index in [0.29, 0.717) is 6.04 Å². The zero-order chi connectivity index (χ0) is 11.4. The largest absolute Gasteiger partial charge is 0.328 e. The molecule has 0 amide bonds. The Morgan fingerprint density at radius 2 is 2.19 bits per heavy atom. The molecule has 1 atom stereocenters. The molecule has 1 unspecified atom stereocenters. The van der Waals surface area contributed by atoms with Gasteiger partial charge in [-0.15, -0.1) is 11.3 Å². The van der Waals surface area contributed by atoms with Gasteiger partial charge >= 0.3 is 0 Å². The van der Waals surface area contributed by atoms with Gasteiger partial charge in [-0.3, -0.25) is 0 Å². The van der Waals surface area contributed by atoms with E-state index in [9.17, 15) is 0 Å². The zero-order valence-corrected chi connectivity index (χ0v) is 11.1. The van der Waals surface area contributed by atoms with Crippen LogP contribution >= 0.6 is 23.1 Å². The maximum absolute atomic E-state index is 5.73. The number of hydrogen-bond acceptors (Lipinski definition) is 3. The fourth-order valence-electron chi connectivity index (χ4n) is 1.60. The van der Waals surface area contributed by atoms with Gasteiger partial charge in [-0.25, -0.2) is 0 Å². The molecule has 0 aliphatic heterocycles. The summed E-state index contributed by atoms with van der Waals surface area (Å²) >= 11 is 3.82. The van der Waals surface area contributed by atoms with Crippen molar-refractivity contribution in [2.75, 3.05) is 5.75 Å². The fraction of sp³-hybridized carbons (Fsp3) is 0.385. The van der Waals surface area contributed by atoms with E-state index in [-0.39, 0.29) is 0 Å². The first kappa shape index (κ1) is 12.0. The molecule has 0 bridgehead atoms. The molecule has 1 heterocycles. The molecule has 0 saturated carbocycles. The van der Waals surface area contributed by atoms with Gasteiger partial charge in [0.15, 0.2) is 0 Å². The normalized spacial score (nSPS) is 13.1. The zero-order valence-electron chi connectivity index (χ0n) is 9.48. The van der Waals surface area contributed by atoms with E-state index < -0.39 is 0 Å². The first-order valence-corrected chi connectivity index (χ1v) is 7.59. The van der Waals surface area contributed by atoms with Crippen molar-refractivity contribution < 1.29 is 0 Å². The smallest absolute Gasteiger partial charge is 0.0345 e. The highest BCUT2D eigenvalue weighted by Gasteiger charge is 2.03. The first-order valence-electron chi connectivity index (χ1n) is 5.56. The van der Waals surface area contributed by atoms with Crippen molar-refractivity contribution in [2.24, 2.45) is 5.73 Å². The van der Waals surface area contributed by atoms with Crippen LogP contribution in [0.1, 0.15) is 18.9 Å². The summed E-state index contributed by atoms with van der Waals surface area (Å²) in [6.45, 7) is 2.07. The van der Waals surface area contributed by atoms with Gasteiger partial charge in [-0.05, 0) is 41.5 Å². The van der Waals surface area contributed by atoms with Crippen molar-refractivity contribution >= 4 is 33.2 Å². The van der Waals surface area contributed by atoms with Crippen molar-refractivity contribution in [3.05, 3.63) is 35.2 Å². The summed E-state index contributed by atoms with van der Waals surface area (Å²) in [5.41, 5.74) is 7.20. The van der Waals surface area contributed by atoms with Crippen LogP contribution in [0.5, 0.6) is 0 Å². The number of nitrogens with two attached hydrogens (primary N) is 1. The maximum Gasteiger partial charge on any atom is 0.0345 e. The Morgan fingerprint density at radius 3 is 3.00 bits per heavy atom. The van der Waals surface area contributed by atoms with Gasteiger partial charge < -0.3 is 5.73 Å². The Labute approximate surface area is 105 Å². The summed E-state index contributed by atoms with van der Waals surface area (Å²) in [6.07, 6.45) is 1.10. The SMILES string of the molecule is CC(N)CCSCc1csc2ccccc12. The molecule has 0 radical (unpaired) electrons. The van der Waals surface area contributed by atoms with Crippen molar-refractivity contribution in [1.29, 1.82) is 0 Å². The fourth-order valence-corrected chi connectivity index (χ4v) is 3.81. The van der Waals surface area contributed by atoms with Crippen LogP contribution in [0.25, 0.3) is 10.1 Å². The van der Waals surface area contributed by atoms with Crippen LogP contribution in [0, 0.1) is 0 Å². The lowest BCUT2D eigenvalue weighted by molar-refractivity contribution is 0.721. The molecule has 1 nitrogen and oxygen atoms in total. The molecule has 1 aromatic carbocycles. The molecule has 86 valence electrons. The summed E-state index contributed by atoms with van der Waals surface area (Å²) in [5.74, 6) is 2.26. The average Bonchev–Trinajstić information content (AvgIpc) is 2.68. The Hall–Kier alpha value is -0.510. The minimum atomic E-state index is 0.326. The summed E-state index contributed by atoms with van der Waals surface area (Å²) in [5, 5.41) is 3.70. The number of fused-ring (bicyclic) bond motifs is 1. The van der Waals surface area contributed by atoms with E-state index in [1.807, 2.05) is 23.1 Å². The maximum atomic E-state index is 5.73. The van der Waals surface area contributed by atoms with E-state index in [4.69, 9.17) is 5.73 Å². The topological polar surface area (TPSA) is 26.0 Å². The summed E-state index contributed by atoms with van der Waals surface area (Å²) < 4.78 is 1.39. The van der Waals surface area contributed by atoms with Crippen molar-refractivity contribution in [3.63, 3.8) is 0 Å². The minimum absolute atomic E-state index is 0.326. The molecular formula is C13H17NS2. The van der Waals surface area contributed by atoms with Crippen LogP contribution in [-0.2, 0) is 5.75 Å². The number of hydrogen-bond donors (Lipinski definition) is 1. The quantitative estimate of drug-likeness (QED) is 0.816. The number of thioether (sulfide) groups is 1. The first-order chi connectivity index (χ1) is 7.77. The van der Waals surface area contributed by atoms with Crippen molar-refractivity contribution in [2.45, 2.75) is 25.1 Å². The lowest BCUT2D eigenvalue weighted by Gasteiger charge is -2.04. The highest BCUT2D eigenvalue weighted by molar-refractivity contribution is 7.98. The second-order valence-electron chi connectivity index (χ2n) is 4.08. The second-order valence-corrected chi connectivity index (χ2v) is 6.09. The van der Waals surface area contributed by atoms with Crippen LogP contribution < -0.4 is 5.73 Å². The second kappa shape index (κ2) is 5.71. The van der Waals surface area contributed by atoms with Gasteiger partial charge in [0.05, 0.1) is 0 Å². The monoisotopic (exact) mass is 251 g/mol. The average molecular weight is 251 g/mol. The van der Waals surface area contributed by atoms with Crippen LogP contribution in [0.15, 0.2) is 29.6 Å². The van der Waals surface area contributed by atoms with Gasteiger partial charge in [-0.1, -0.05) is 18.2 Å². The van der Waals surface area contributed by atoms with E-state index in [0.717, 1.165) is 17.9 Å². The van der Waals surface area contributed by atoms with Crippen LogP contribution in [0.3, 0.4) is 0 Å². The molecule has 0 fully saturated rings. The van der Waals surface area contributed by atoms with Gasteiger partial charge in [-0.2, -0.15) is 11.8 Å². The molecule has 1 aromatic heterocycles. The van der Waals surface area contributed by atoms with E-state index in [1.165, 1.54) is 15.6 Å². The molecule has 0 saturated heterocycles. The minimum Gasteiger partial charge on any atom is -0.328 e. The lowest BCUT2D eigenvalue weighted by Crippen LogP contribution is -2.15. The number of thiophene rings is 1. The van der Waals surface area contributed by atoms with Gasteiger partial charge in [0.2, 0.25) is 0 Å². The summed E-state index contributed by atoms with van der Waals surface area (Å²) in [7, 11) is 0. The van der Waals surface area contributed by atoms with Crippen molar-refractivity contribution in [3.8, 4) is 0 Å². The molecule has 0 aliphatic rings. The third-order valence-corrected chi connectivity index (χ3v) is 4.59. The van der Waals surface area contributed by atoms with Gasteiger partial charge in [0.25, 0.3) is 0 Å². The molecule has 2 N–H and O–H groups in total. The Kier molecular flexibility index (Phi) is 4.27. The standard InChI is InChI=1S/C13H17NS2/c1-10(14)6-7-15-8-11-9-16-13-5-3-2-4-12(11)13/h2-5,9-10H,6-8,14H2,1H3. The lowest BCUT2D eigenvalue weighted by atomic mass is 10.2. The molecule has 0 spiro atoms. The van der Waals surface area contributed by atoms with Crippen LogP contribution in [-0.4, -0.2) is 11.8 Å². The molecule has 0 aliphatic carbocycles. The van der Waals surface area contributed by atoms with Crippen LogP contribution in [0.2, 0.25) is 0 Å². The predicted molar refractivity (Wildman–Crippen MR) is 76.3 cm³/mol.